The molecule has 17 heavy (non-hydrogen) atoms. The number of esters is 1. The van der Waals surface area contributed by atoms with E-state index >= 15 is 0 Å². The number of rotatable bonds is 4. The molecular formula is C13H17FO3. The van der Waals surface area contributed by atoms with E-state index in [2.05, 4.69) is 4.74 Å². The molecular weight excluding hydrogens is 223 g/mol. The largest absolute Gasteiger partial charge is 0.496 e. The van der Waals surface area contributed by atoms with E-state index in [9.17, 15) is 9.18 Å². The van der Waals surface area contributed by atoms with Crippen LogP contribution in [0.1, 0.15) is 30.9 Å². The smallest absolute Gasteiger partial charge is 0.310 e. The Labute approximate surface area is 101 Å². The van der Waals surface area contributed by atoms with Crippen LogP contribution in [0.4, 0.5) is 4.39 Å². The van der Waals surface area contributed by atoms with Crippen molar-refractivity contribution in [2.24, 2.45) is 0 Å². The van der Waals surface area contributed by atoms with Crippen LogP contribution in [0.25, 0.3) is 0 Å². The van der Waals surface area contributed by atoms with Crippen LogP contribution in [0.5, 0.6) is 5.75 Å². The quantitative estimate of drug-likeness (QED) is 0.759. The van der Waals surface area contributed by atoms with Crippen molar-refractivity contribution in [1.82, 2.24) is 0 Å². The second kappa shape index (κ2) is 5.66. The lowest BCUT2D eigenvalue weighted by atomic mass is 9.94. The number of carbonyl (C=O) groups excluding carboxylic acids is 1. The maximum atomic E-state index is 13.4. The van der Waals surface area contributed by atoms with Crippen LogP contribution < -0.4 is 4.74 Å². The molecule has 0 amide bonds. The second-order valence-electron chi connectivity index (χ2n) is 4.08. The molecule has 3 nitrogen and oxygen atoms in total. The summed E-state index contributed by atoms with van der Waals surface area (Å²) in [5.74, 6) is -0.227. The van der Waals surface area contributed by atoms with Gasteiger partial charge >= 0.3 is 5.97 Å². The molecule has 0 bridgehead atoms. The van der Waals surface area contributed by atoms with Gasteiger partial charge in [0.25, 0.3) is 0 Å². The summed E-state index contributed by atoms with van der Waals surface area (Å²) in [5.41, 5.74) is 1.46. The Bertz CT molecular complexity index is 413. The van der Waals surface area contributed by atoms with Crippen molar-refractivity contribution < 1.29 is 18.7 Å². The summed E-state index contributed by atoms with van der Waals surface area (Å²) in [6.45, 7) is 3.88. The van der Waals surface area contributed by atoms with Gasteiger partial charge in [0.2, 0.25) is 0 Å². The Morgan fingerprint density at radius 1 is 1.35 bits per heavy atom. The molecule has 0 fully saturated rings. The fourth-order valence-electron chi connectivity index (χ4n) is 1.73. The van der Waals surface area contributed by atoms with E-state index in [1.807, 2.05) is 13.8 Å². The van der Waals surface area contributed by atoms with Gasteiger partial charge in [-0.15, -0.1) is 0 Å². The minimum absolute atomic E-state index is 0.0907. The van der Waals surface area contributed by atoms with E-state index < -0.39 is 0 Å². The van der Waals surface area contributed by atoms with Crippen molar-refractivity contribution in [2.45, 2.75) is 26.2 Å². The number of halogens is 1. The predicted molar refractivity (Wildman–Crippen MR) is 62.8 cm³/mol. The van der Waals surface area contributed by atoms with Gasteiger partial charge < -0.3 is 9.47 Å². The van der Waals surface area contributed by atoms with Gasteiger partial charge in [-0.05, 0) is 17.5 Å². The van der Waals surface area contributed by atoms with E-state index in [1.54, 1.807) is 0 Å². The molecule has 1 aromatic rings. The number of ether oxygens (including phenoxy) is 2. The zero-order valence-corrected chi connectivity index (χ0v) is 10.5. The summed E-state index contributed by atoms with van der Waals surface area (Å²) in [4.78, 5) is 11.3. The van der Waals surface area contributed by atoms with E-state index in [0.29, 0.717) is 11.3 Å². The topological polar surface area (TPSA) is 35.5 Å². The summed E-state index contributed by atoms with van der Waals surface area (Å²) >= 11 is 0. The molecule has 0 aromatic heterocycles. The lowest BCUT2D eigenvalue weighted by molar-refractivity contribution is -0.139. The number of carbonyl (C=O) groups is 1. The highest BCUT2D eigenvalue weighted by molar-refractivity contribution is 5.74. The van der Waals surface area contributed by atoms with Crippen LogP contribution in [-0.4, -0.2) is 20.2 Å². The lowest BCUT2D eigenvalue weighted by Crippen LogP contribution is -2.10. The molecule has 0 heterocycles. The summed E-state index contributed by atoms with van der Waals surface area (Å²) in [6.07, 6.45) is 0.0907. The highest BCUT2D eigenvalue weighted by Crippen LogP contribution is 2.30. The molecule has 0 aliphatic heterocycles. The molecule has 0 N–H and O–H groups in total. The average molecular weight is 240 g/mol. The van der Waals surface area contributed by atoms with Crippen LogP contribution in [0.15, 0.2) is 12.1 Å². The van der Waals surface area contributed by atoms with Crippen molar-refractivity contribution in [3.8, 4) is 5.75 Å². The number of methoxy groups -OCH3 is 2. The van der Waals surface area contributed by atoms with Crippen LogP contribution >= 0.6 is 0 Å². The van der Waals surface area contributed by atoms with Crippen LogP contribution in [-0.2, 0) is 16.0 Å². The first-order valence-corrected chi connectivity index (χ1v) is 5.42. The lowest BCUT2D eigenvalue weighted by Gasteiger charge is -2.16. The number of hydrogen-bond acceptors (Lipinski definition) is 3. The monoisotopic (exact) mass is 240 g/mol. The Morgan fingerprint density at radius 2 is 2.00 bits per heavy atom. The number of benzene rings is 1. The Kier molecular flexibility index (Phi) is 4.49. The van der Waals surface area contributed by atoms with Gasteiger partial charge in [0.1, 0.15) is 11.6 Å². The van der Waals surface area contributed by atoms with E-state index in [1.165, 1.54) is 26.4 Å². The molecule has 0 atom stereocenters. The normalized spacial score (nSPS) is 10.5. The minimum Gasteiger partial charge on any atom is -0.496 e. The third-order valence-corrected chi connectivity index (χ3v) is 2.60. The molecule has 0 aliphatic carbocycles. The van der Waals surface area contributed by atoms with Gasteiger partial charge in [-0.3, -0.25) is 4.79 Å². The molecule has 1 aromatic carbocycles. The minimum atomic E-state index is -0.364. The molecule has 94 valence electrons. The third-order valence-electron chi connectivity index (χ3n) is 2.60. The maximum absolute atomic E-state index is 13.4. The third kappa shape index (κ3) is 3.19. The van der Waals surface area contributed by atoms with Crippen molar-refractivity contribution in [2.75, 3.05) is 14.2 Å². The average Bonchev–Trinajstić information content (AvgIpc) is 2.30. The van der Waals surface area contributed by atoms with Crippen LogP contribution in [0.3, 0.4) is 0 Å². The molecule has 0 spiro atoms. The van der Waals surface area contributed by atoms with E-state index in [4.69, 9.17) is 4.74 Å². The van der Waals surface area contributed by atoms with Gasteiger partial charge in [0, 0.05) is 11.6 Å². The maximum Gasteiger partial charge on any atom is 0.310 e. The van der Waals surface area contributed by atoms with Crippen molar-refractivity contribution in [1.29, 1.82) is 0 Å². The molecule has 0 radical (unpaired) electrons. The fraction of sp³-hybridized carbons (Fsp3) is 0.462. The summed E-state index contributed by atoms with van der Waals surface area (Å²) in [6, 6.07) is 2.72. The van der Waals surface area contributed by atoms with Crippen molar-refractivity contribution >= 4 is 5.97 Å². The first-order valence-electron chi connectivity index (χ1n) is 5.42. The Balaban J connectivity index is 3.26. The standard InChI is InChI=1S/C13H17FO3/c1-8(2)10-5-9(14)6-12(16-3)11(10)7-13(15)17-4/h5-6,8H,7H2,1-4H3. The zero-order valence-electron chi connectivity index (χ0n) is 10.5. The van der Waals surface area contributed by atoms with E-state index in [0.717, 1.165) is 5.56 Å². The van der Waals surface area contributed by atoms with Gasteiger partial charge in [-0.25, -0.2) is 4.39 Å². The summed E-state index contributed by atoms with van der Waals surface area (Å²) < 4.78 is 23.1. The molecule has 0 saturated heterocycles. The number of hydrogen-bond donors (Lipinski definition) is 0. The first kappa shape index (κ1) is 13.5. The van der Waals surface area contributed by atoms with Crippen molar-refractivity contribution in [3.05, 3.63) is 29.1 Å². The fourth-order valence-corrected chi connectivity index (χ4v) is 1.73. The SMILES string of the molecule is COC(=O)Cc1c(OC)cc(F)cc1C(C)C. The highest BCUT2D eigenvalue weighted by Gasteiger charge is 2.17. The van der Waals surface area contributed by atoms with Gasteiger partial charge in [0.05, 0.1) is 20.6 Å². The molecule has 1 rings (SSSR count). The van der Waals surface area contributed by atoms with Gasteiger partial charge in [-0.1, -0.05) is 13.8 Å². The van der Waals surface area contributed by atoms with E-state index in [-0.39, 0.29) is 24.1 Å². The predicted octanol–water partition coefficient (Wildman–Crippen LogP) is 2.67. The molecule has 4 heteroatoms. The molecule has 0 saturated carbocycles. The molecule has 0 unspecified atom stereocenters. The second-order valence-corrected chi connectivity index (χ2v) is 4.08. The highest BCUT2D eigenvalue weighted by atomic mass is 19.1. The van der Waals surface area contributed by atoms with Crippen LogP contribution in [0, 0.1) is 5.82 Å². The molecule has 0 aliphatic rings. The first-order chi connectivity index (χ1) is 7.99. The Morgan fingerprint density at radius 3 is 2.47 bits per heavy atom. The van der Waals surface area contributed by atoms with Crippen LogP contribution in [0.2, 0.25) is 0 Å². The zero-order chi connectivity index (χ0) is 13.0. The van der Waals surface area contributed by atoms with Crippen molar-refractivity contribution in [3.63, 3.8) is 0 Å². The summed E-state index contributed by atoms with van der Waals surface area (Å²) in [7, 11) is 2.78. The van der Waals surface area contributed by atoms with Gasteiger partial charge in [-0.2, -0.15) is 0 Å². The van der Waals surface area contributed by atoms with Gasteiger partial charge in [0.15, 0.2) is 0 Å². The summed E-state index contributed by atoms with van der Waals surface area (Å²) in [5, 5.41) is 0. The Hall–Kier alpha value is -1.58.